The molecule has 0 radical (unpaired) electrons. The van der Waals surface area contributed by atoms with E-state index in [0.29, 0.717) is 38.9 Å². The number of nitrogens with one attached hydrogen (secondary N) is 1. The Bertz CT molecular complexity index is 1020. The van der Waals surface area contributed by atoms with Gasteiger partial charge in [0.2, 0.25) is 0 Å². The van der Waals surface area contributed by atoms with Crippen LogP contribution in [0, 0.1) is 0 Å². The van der Waals surface area contributed by atoms with Gasteiger partial charge in [0.15, 0.2) is 16.6 Å². The van der Waals surface area contributed by atoms with Gasteiger partial charge in [0.1, 0.15) is 5.57 Å². The third kappa shape index (κ3) is 4.44. The first-order valence-corrected chi connectivity index (χ1v) is 10.1. The van der Waals surface area contributed by atoms with Gasteiger partial charge in [0.25, 0.3) is 11.8 Å². The smallest absolute Gasteiger partial charge is 0.270 e. The maximum atomic E-state index is 13.1. The van der Waals surface area contributed by atoms with Crippen molar-refractivity contribution >= 4 is 68.4 Å². The molecule has 0 aromatic heterocycles. The highest BCUT2D eigenvalue weighted by molar-refractivity contribution is 9.10. The van der Waals surface area contributed by atoms with Crippen LogP contribution in [-0.4, -0.2) is 30.6 Å². The standard InChI is InChI=1S/C20H16BrClN2O4S/c1-3-28-16-10-11(9-15(21)17(16)27-2)8-14-18(25)23-20(29)24(19(14)26)13-6-4-12(22)5-7-13/h4-10H,3H2,1-2H3,(H,23,25,29)/b14-8-. The molecule has 2 amide bonds. The van der Waals surface area contributed by atoms with E-state index in [1.54, 1.807) is 36.4 Å². The van der Waals surface area contributed by atoms with Gasteiger partial charge in [-0.25, -0.2) is 0 Å². The number of nitrogens with zero attached hydrogens (tertiary/aromatic N) is 1. The lowest BCUT2D eigenvalue weighted by atomic mass is 10.1. The van der Waals surface area contributed by atoms with E-state index in [1.165, 1.54) is 18.1 Å². The number of benzene rings is 2. The number of ether oxygens (including phenoxy) is 2. The first-order chi connectivity index (χ1) is 13.8. The van der Waals surface area contributed by atoms with Gasteiger partial charge >= 0.3 is 0 Å². The number of carbonyl (C=O) groups is 2. The molecule has 6 nitrogen and oxygen atoms in total. The number of halogens is 2. The zero-order valence-electron chi connectivity index (χ0n) is 15.5. The second-order valence-electron chi connectivity index (χ2n) is 5.90. The van der Waals surface area contributed by atoms with Crippen LogP contribution < -0.4 is 19.7 Å². The predicted octanol–water partition coefficient (Wildman–Crippen LogP) is 4.34. The van der Waals surface area contributed by atoms with E-state index < -0.39 is 11.8 Å². The van der Waals surface area contributed by atoms with Crippen molar-refractivity contribution in [2.45, 2.75) is 6.92 Å². The summed E-state index contributed by atoms with van der Waals surface area (Å²) < 4.78 is 11.6. The molecule has 1 aliphatic rings. The molecule has 1 heterocycles. The lowest BCUT2D eigenvalue weighted by molar-refractivity contribution is -0.122. The second-order valence-corrected chi connectivity index (χ2v) is 7.58. The number of anilines is 1. The average Bonchev–Trinajstić information content (AvgIpc) is 2.67. The monoisotopic (exact) mass is 494 g/mol. The minimum atomic E-state index is -0.574. The molecule has 0 saturated carbocycles. The van der Waals surface area contributed by atoms with E-state index in [4.69, 9.17) is 33.3 Å². The van der Waals surface area contributed by atoms with Crippen molar-refractivity contribution in [1.29, 1.82) is 0 Å². The van der Waals surface area contributed by atoms with E-state index in [0.717, 1.165) is 0 Å². The van der Waals surface area contributed by atoms with Crippen LogP contribution in [0.3, 0.4) is 0 Å². The van der Waals surface area contributed by atoms with E-state index in [-0.39, 0.29) is 10.7 Å². The van der Waals surface area contributed by atoms with E-state index in [2.05, 4.69) is 21.2 Å². The molecular weight excluding hydrogens is 480 g/mol. The van der Waals surface area contributed by atoms with Crippen LogP contribution in [0.1, 0.15) is 12.5 Å². The summed E-state index contributed by atoms with van der Waals surface area (Å²) in [5, 5.41) is 3.08. The molecule has 3 rings (SSSR count). The third-order valence-electron chi connectivity index (χ3n) is 4.03. The van der Waals surface area contributed by atoms with Crippen molar-refractivity contribution in [2.75, 3.05) is 18.6 Å². The summed E-state index contributed by atoms with van der Waals surface area (Å²) >= 11 is 14.5. The molecule has 1 aliphatic heterocycles. The Morgan fingerprint density at radius 1 is 1.24 bits per heavy atom. The number of amides is 2. The lowest BCUT2D eigenvalue weighted by Gasteiger charge is -2.29. The minimum Gasteiger partial charge on any atom is -0.492 e. The molecule has 0 spiro atoms. The quantitative estimate of drug-likeness (QED) is 0.380. The summed E-state index contributed by atoms with van der Waals surface area (Å²) in [5.74, 6) is -0.0940. The summed E-state index contributed by atoms with van der Waals surface area (Å²) in [7, 11) is 1.53. The molecule has 1 fully saturated rings. The van der Waals surface area contributed by atoms with Crippen LogP contribution in [0.15, 0.2) is 46.4 Å². The SMILES string of the molecule is CCOc1cc(/C=C2/C(=O)NC(=S)N(c3ccc(Cl)cc3)C2=O)cc(Br)c1OC. The maximum absolute atomic E-state index is 13.1. The fourth-order valence-electron chi connectivity index (χ4n) is 2.78. The predicted molar refractivity (Wildman–Crippen MR) is 120 cm³/mol. The van der Waals surface area contributed by atoms with Gasteiger partial charge in [0, 0.05) is 5.02 Å². The van der Waals surface area contributed by atoms with Crippen LogP contribution in [-0.2, 0) is 9.59 Å². The molecule has 0 aliphatic carbocycles. The highest BCUT2D eigenvalue weighted by atomic mass is 79.9. The molecule has 0 unspecified atom stereocenters. The third-order valence-corrected chi connectivity index (χ3v) is 5.16. The normalized spacial score (nSPS) is 15.5. The lowest BCUT2D eigenvalue weighted by Crippen LogP contribution is -2.54. The zero-order valence-corrected chi connectivity index (χ0v) is 18.7. The molecular formula is C20H16BrClN2O4S. The summed E-state index contributed by atoms with van der Waals surface area (Å²) in [5.41, 5.74) is 1.03. The fourth-order valence-corrected chi connectivity index (χ4v) is 3.81. The van der Waals surface area contributed by atoms with Crippen molar-refractivity contribution in [3.63, 3.8) is 0 Å². The van der Waals surface area contributed by atoms with Crippen molar-refractivity contribution in [1.82, 2.24) is 5.32 Å². The van der Waals surface area contributed by atoms with Crippen molar-refractivity contribution < 1.29 is 19.1 Å². The molecule has 1 N–H and O–H groups in total. The largest absolute Gasteiger partial charge is 0.492 e. The molecule has 2 aromatic rings. The Kier molecular flexibility index (Phi) is 6.56. The van der Waals surface area contributed by atoms with Crippen molar-refractivity contribution in [3.8, 4) is 11.5 Å². The topological polar surface area (TPSA) is 67.9 Å². The molecule has 29 heavy (non-hydrogen) atoms. The summed E-state index contributed by atoms with van der Waals surface area (Å²) in [6.07, 6.45) is 1.48. The van der Waals surface area contributed by atoms with Gasteiger partial charge in [-0.3, -0.25) is 19.8 Å². The number of methoxy groups -OCH3 is 1. The summed E-state index contributed by atoms with van der Waals surface area (Å²) in [6.45, 7) is 2.28. The van der Waals surface area contributed by atoms with E-state index in [9.17, 15) is 9.59 Å². The fraction of sp³-hybridized carbons (Fsp3) is 0.150. The molecule has 0 bridgehead atoms. The molecule has 9 heteroatoms. The number of hydrogen-bond acceptors (Lipinski definition) is 5. The second kappa shape index (κ2) is 8.94. The van der Waals surface area contributed by atoms with Crippen molar-refractivity contribution in [3.05, 3.63) is 57.0 Å². The number of thiocarbonyl (C=S) groups is 1. The molecule has 2 aromatic carbocycles. The molecule has 1 saturated heterocycles. The highest BCUT2D eigenvalue weighted by Crippen LogP contribution is 2.37. The Hall–Kier alpha value is -2.42. The number of hydrogen-bond donors (Lipinski definition) is 1. The van der Waals surface area contributed by atoms with Crippen LogP contribution in [0.4, 0.5) is 5.69 Å². The average molecular weight is 496 g/mol. The maximum Gasteiger partial charge on any atom is 0.270 e. The van der Waals surface area contributed by atoms with E-state index in [1.807, 2.05) is 6.92 Å². The van der Waals surface area contributed by atoms with Crippen LogP contribution in [0.5, 0.6) is 11.5 Å². The van der Waals surface area contributed by atoms with Crippen LogP contribution >= 0.6 is 39.7 Å². The van der Waals surface area contributed by atoms with E-state index >= 15 is 0 Å². The Morgan fingerprint density at radius 3 is 2.55 bits per heavy atom. The zero-order chi connectivity index (χ0) is 21.1. The Balaban J connectivity index is 2.03. The summed E-state index contributed by atoms with van der Waals surface area (Å²) in [4.78, 5) is 26.8. The minimum absolute atomic E-state index is 0.00499. The first-order valence-electron chi connectivity index (χ1n) is 8.53. The number of carbonyl (C=O) groups excluding carboxylic acids is 2. The van der Waals surface area contributed by atoms with Gasteiger partial charge < -0.3 is 9.47 Å². The van der Waals surface area contributed by atoms with Crippen molar-refractivity contribution in [2.24, 2.45) is 0 Å². The molecule has 150 valence electrons. The highest BCUT2D eigenvalue weighted by Gasteiger charge is 2.34. The van der Waals surface area contributed by atoms with Gasteiger partial charge in [-0.1, -0.05) is 11.6 Å². The van der Waals surface area contributed by atoms with Crippen LogP contribution in [0.25, 0.3) is 6.08 Å². The van der Waals surface area contributed by atoms with Gasteiger partial charge in [0.05, 0.1) is 23.9 Å². The number of rotatable bonds is 5. The summed E-state index contributed by atoms with van der Waals surface area (Å²) in [6, 6.07) is 10.0. The van der Waals surface area contributed by atoms with Gasteiger partial charge in [-0.15, -0.1) is 0 Å². The Morgan fingerprint density at radius 2 is 1.93 bits per heavy atom. The first kappa shape index (κ1) is 21.3. The Labute approximate surface area is 186 Å². The van der Waals surface area contributed by atoms with Gasteiger partial charge in [-0.05, 0) is 83.1 Å². The van der Waals surface area contributed by atoms with Crippen LogP contribution in [0.2, 0.25) is 5.02 Å². The molecule has 0 atom stereocenters. The van der Waals surface area contributed by atoms with Gasteiger partial charge in [-0.2, -0.15) is 0 Å².